The Morgan fingerprint density at radius 2 is 1.82 bits per heavy atom. The number of piperazine rings is 1. The van der Waals surface area contributed by atoms with E-state index in [0.717, 1.165) is 28.2 Å². The maximum absolute atomic E-state index is 13.5. The van der Waals surface area contributed by atoms with Crippen molar-refractivity contribution in [1.29, 1.82) is 0 Å². The van der Waals surface area contributed by atoms with Crippen LogP contribution in [0, 0.1) is 6.92 Å². The van der Waals surface area contributed by atoms with Crippen molar-refractivity contribution in [2.45, 2.75) is 26.3 Å². The number of hydrogen-bond donors (Lipinski definition) is 0. The van der Waals surface area contributed by atoms with Crippen molar-refractivity contribution in [1.82, 2.24) is 14.8 Å². The first-order chi connectivity index (χ1) is 16.5. The number of rotatable bonds is 6. The van der Waals surface area contributed by atoms with Gasteiger partial charge in [0.15, 0.2) is 0 Å². The van der Waals surface area contributed by atoms with Crippen molar-refractivity contribution in [3.63, 3.8) is 0 Å². The van der Waals surface area contributed by atoms with Crippen LogP contribution in [0.5, 0.6) is 5.75 Å². The van der Waals surface area contributed by atoms with Crippen molar-refractivity contribution < 1.29 is 19.1 Å². The quantitative estimate of drug-likeness (QED) is 0.655. The Morgan fingerprint density at radius 1 is 1.06 bits per heavy atom. The molecule has 2 aliphatic heterocycles. The van der Waals surface area contributed by atoms with Crippen LogP contribution in [0.25, 0.3) is 0 Å². The van der Waals surface area contributed by atoms with Gasteiger partial charge in [0.05, 0.1) is 32.0 Å². The van der Waals surface area contributed by atoms with Crippen molar-refractivity contribution in [2.75, 3.05) is 46.4 Å². The SMILES string of the molecule is CCOC(=O)N1CCN(CC(=O)N2N=C(c3cccc(OC)c3)C[C@@H]2c2ccccc2C)CC1. The first-order valence-corrected chi connectivity index (χ1v) is 11.7. The molecule has 0 unspecified atom stereocenters. The highest BCUT2D eigenvalue weighted by molar-refractivity contribution is 6.03. The summed E-state index contributed by atoms with van der Waals surface area (Å²) in [6, 6.07) is 15.8. The molecule has 4 rings (SSSR count). The van der Waals surface area contributed by atoms with E-state index in [9.17, 15) is 9.59 Å². The van der Waals surface area contributed by atoms with Gasteiger partial charge in [0.2, 0.25) is 0 Å². The molecule has 2 aromatic rings. The lowest BCUT2D eigenvalue weighted by Crippen LogP contribution is -2.51. The summed E-state index contributed by atoms with van der Waals surface area (Å²) in [6.45, 7) is 6.83. The number of hydrogen-bond acceptors (Lipinski definition) is 6. The van der Waals surface area contributed by atoms with Gasteiger partial charge in [-0.25, -0.2) is 9.80 Å². The molecule has 0 saturated carbocycles. The number of nitrogens with zero attached hydrogens (tertiary/aromatic N) is 4. The molecule has 0 aromatic heterocycles. The molecule has 8 nitrogen and oxygen atoms in total. The van der Waals surface area contributed by atoms with E-state index >= 15 is 0 Å². The fraction of sp³-hybridized carbons (Fsp3) is 0.423. The summed E-state index contributed by atoms with van der Waals surface area (Å²) >= 11 is 0. The third kappa shape index (κ3) is 5.22. The Bertz CT molecular complexity index is 1060. The molecule has 1 fully saturated rings. The van der Waals surface area contributed by atoms with Gasteiger partial charge < -0.3 is 14.4 Å². The molecule has 2 amide bonds. The van der Waals surface area contributed by atoms with Crippen LogP contribution in [0.15, 0.2) is 53.6 Å². The van der Waals surface area contributed by atoms with E-state index in [1.165, 1.54) is 0 Å². The van der Waals surface area contributed by atoms with Crippen molar-refractivity contribution in [3.8, 4) is 5.75 Å². The van der Waals surface area contributed by atoms with Crippen LogP contribution >= 0.6 is 0 Å². The minimum atomic E-state index is -0.292. The minimum absolute atomic E-state index is 0.0456. The van der Waals surface area contributed by atoms with E-state index in [1.54, 1.807) is 23.9 Å². The number of carbonyl (C=O) groups excluding carboxylic acids is 2. The first kappa shape index (κ1) is 23.8. The highest BCUT2D eigenvalue weighted by Gasteiger charge is 2.35. The van der Waals surface area contributed by atoms with Crippen LogP contribution in [0.1, 0.15) is 36.1 Å². The minimum Gasteiger partial charge on any atom is -0.497 e. The van der Waals surface area contributed by atoms with Crippen molar-refractivity contribution in [2.24, 2.45) is 5.10 Å². The zero-order chi connectivity index (χ0) is 24.1. The van der Waals surface area contributed by atoms with Crippen LogP contribution in [-0.2, 0) is 9.53 Å². The Balaban J connectivity index is 1.51. The third-order valence-corrected chi connectivity index (χ3v) is 6.37. The summed E-state index contributed by atoms with van der Waals surface area (Å²) in [6.07, 6.45) is 0.348. The predicted molar refractivity (Wildman–Crippen MR) is 130 cm³/mol. The molecule has 1 atom stereocenters. The van der Waals surface area contributed by atoms with Crippen LogP contribution in [-0.4, -0.2) is 79.0 Å². The fourth-order valence-corrected chi connectivity index (χ4v) is 4.49. The van der Waals surface area contributed by atoms with Gasteiger partial charge in [-0.1, -0.05) is 36.4 Å². The number of amides is 2. The van der Waals surface area contributed by atoms with E-state index in [4.69, 9.17) is 14.6 Å². The number of methoxy groups -OCH3 is 1. The Labute approximate surface area is 200 Å². The number of ether oxygens (including phenoxy) is 2. The lowest BCUT2D eigenvalue weighted by molar-refractivity contribution is -0.134. The molecule has 0 aliphatic carbocycles. The van der Waals surface area contributed by atoms with Gasteiger partial charge in [0, 0.05) is 38.2 Å². The van der Waals surface area contributed by atoms with Gasteiger partial charge in [-0.15, -0.1) is 0 Å². The second kappa shape index (κ2) is 10.7. The summed E-state index contributed by atoms with van der Waals surface area (Å²) in [5, 5.41) is 6.45. The second-order valence-electron chi connectivity index (χ2n) is 8.56. The van der Waals surface area contributed by atoms with Gasteiger partial charge in [-0.3, -0.25) is 9.69 Å². The van der Waals surface area contributed by atoms with E-state index < -0.39 is 0 Å². The normalized spacial score (nSPS) is 18.6. The third-order valence-electron chi connectivity index (χ3n) is 6.37. The van der Waals surface area contributed by atoms with E-state index in [1.807, 2.05) is 36.4 Å². The number of aryl methyl sites for hydroxylation is 1. The largest absolute Gasteiger partial charge is 0.497 e. The van der Waals surface area contributed by atoms with E-state index in [0.29, 0.717) is 39.2 Å². The highest BCUT2D eigenvalue weighted by atomic mass is 16.6. The zero-order valence-corrected chi connectivity index (χ0v) is 20.1. The van der Waals surface area contributed by atoms with Crippen LogP contribution in [0.2, 0.25) is 0 Å². The smallest absolute Gasteiger partial charge is 0.409 e. The van der Waals surface area contributed by atoms with Crippen molar-refractivity contribution in [3.05, 3.63) is 65.2 Å². The lowest BCUT2D eigenvalue weighted by Gasteiger charge is -2.34. The predicted octanol–water partition coefficient (Wildman–Crippen LogP) is 3.46. The molecular formula is C26H32N4O4. The molecule has 34 heavy (non-hydrogen) atoms. The molecule has 180 valence electrons. The number of carbonyl (C=O) groups is 2. The van der Waals surface area contributed by atoms with E-state index in [-0.39, 0.29) is 24.6 Å². The van der Waals surface area contributed by atoms with Gasteiger partial charge in [-0.05, 0) is 37.1 Å². The molecule has 8 heteroatoms. The van der Waals surface area contributed by atoms with Crippen molar-refractivity contribution >= 4 is 17.7 Å². The standard InChI is InChI=1S/C26H32N4O4/c1-4-34-26(32)29-14-12-28(13-15-29)18-25(31)30-24(22-11-6-5-8-19(22)2)17-23(27-30)20-9-7-10-21(16-20)33-3/h5-11,16,24H,4,12-15,17-18H2,1-3H3/t24-/m1/s1. The second-order valence-corrected chi connectivity index (χ2v) is 8.56. The molecule has 0 spiro atoms. The first-order valence-electron chi connectivity index (χ1n) is 11.7. The molecule has 0 radical (unpaired) electrons. The highest BCUT2D eigenvalue weighted by Crippen LogP contribution is 2.35. The van der Waals surface area contributed by atoms with Crippen LogP contribution < -0.4 is 4.74 Å². The summed E-state index contributed by atoms with van der Waals surface area (Å²) < 4.78 is 10.5. The average molecular weight is 465 g/mol. The van der Waals surface area contributed by atoms with Crippen LogP contribution in [0.4, 0.5) is 4.79 Å². The maximum Gasteiger partial charge on any atom is 0.409 e. The summed E-state index contributed by atoms with van der Waals surface area (Å²) in [5.74, 6) is 0.715. The Hall–Kier alpha value is -3.39. The van der Waals surface area contributed by atoms with Gasteiger partial charge >= 0.3 is 6.09 Å². The molecule has 0 bridgehead atoms. The zero-order valence-electron chi connectivity index (χ0n) is 20.1. The van der Waals surface area contributed by atoms with Gasteiger partial charge in [0.1, 0.15) is 5.75 Å². The van der Waals surface area contributed by atoms with Gasteiger partial charge in [0.25, 0.3) is 5.91 Å². The molecule has 2 aliphatic rings. The van der Waals surface area contributed by atoms with Gasteiger partial charge in [-0.2, -0.15) is 5.10 Å². The summed E-state index contributed by atoms with van der Waals surface area (Å²) in [7, 11) is 1.64. The van der Waals surface area contributed by atoms with E-state index in [2.05, 4.69) is 24.0 Å². The molecule has 1 saturated heterocycles. The van der Waals surface area contributed by atoms with Crippen LogP contribution in [0.3, 0.4) is 0 Å². The molecular weight excluding hydrogens is 432 g/mol. The topological polar surface area (TPSA) is 74.7 Å². The molecule has 0 N–H and O–H groups in total. The fourth-order valence-electron chi connectivity index (χ4n) is 4.49. The Kier molecular flexibility index (Phi) is 7.47. The lowest BCUT2D eigenvalue weighted by atomic mass is 9.95. The summed E-state index contributed by atoms with van der Waals surface area (Å²) in [4.78, 5) is 29.2. The monoisotopic (exact) mass is 464 g/mol. The summed E-state index contributed by atoms with van der Waals surface area (Å²) in [5.41, 5.74) is 4.06. The number of benzene rings is 2. The molecule has 2 heterocycles. The molecule has 2 aromatic carbocycles. The number of hydrazone groups is 1. The maximum atomic E-state index is 13.5. The average Bonchev–Trinajstić information content (AvgIpc) is 3.30. The Morgan fingerprint density at radius 3 is 2.53 bits per heavy atom.